The van der Waals surface area contributed by atoms with Gasteiger partial charge in [-0.25, -0.2) is 20.0 Å². The quantitative estimate of drug-likeness (QED) is 0.549. The summed E-state index contributed by atoms with van der Waals surface area (Å²) in [6, 6.07) is 14.2. The second-order valence-corrected chi connectivity index (χ2v) is 7.06. The molecule has 2 aliphatic heterocycles. The maximum Gasteiger partial charge on any atom is 0.153 e. The number of imidazole rings is 1. The largest absolute Gasteiger partial charge is 0.337 e. The van der Waals surface area contributed by atoms with E-state index in [9.17, 15) is 0 Å². The lowest BCUT2D eigenvalue weighted by Crippen LogP contribution is -2.20. The fourth-order valence-electron chi connectivity index (χ4n) is 3.64. The zero-order valence-corrected chi connectivity index (χ0v) is 15.9. The van der Waals surface area contributed by atoms with E-state index in [1.54, 1.807) is 11.3 Å². The molecule has 2 N–H and O–H groups in total. The standard InChI is InChI=1S/C22H17N7O/c1-3-16-6-5-15(12-19(16)23-9-1)11-17-13-24-22-8-7-21(27-29(17)22)26-18-4-2-10-28-20(18)14-25-30-28/h1-10,12-14,25H,11H2,(H,26,27). The van der Waals surface area contributed by atoms with Crippen molar-refractivity contribution in [3.63, 3.8) is 0 Å². The number of hydrogen-bond acceptors (Lipinski definition) is 7. The molecule has 0 amide bonds. The first-order valence-electron chi connectivity index (χ1n) is 9.59. The molecule has 0 bridgehead atoms. The van der Waals surface area contributed by atoms with Crippen molar-refractivity contribution in [1.29, 1.82) is 0 Å². The molecule has 6 rings (SSSR count). The number of nitrogens with one attached hydrogen (secondary N) is 2. The highest BCUT2D eigenvalue weighted by atomic mass is 16.8. The predicted molar refractivity (Wildman–Crippen MR) is 113 cm³/mol. The molecule has 4 aromatic rings. The van der Waals surface area contributed by atoms with Crippen LogP contribution < -0.4 is 10.8 Å². The Morgan fingerprint density at radius 2 is 2.10 bits per heavy atom. The van der Waals surface area contributed by atoms with E-state index in [0.29, 0.717) is 6.42 Å². The first kappa shape index (κ1) is 16.8. The number of pyridine rings is 1. The second kappa shape index (κ2) is 6.71. The third-order valence-corrected chi connectivity index (χ3v) is 5.10. The highest BCUT2D eigenvalue weighted by molar-refractivity contribution is 5.78. The third-order valence-electron chi connectivity index (χ3n) is 5.10. The molecule has 0 atom stereocenters. The van der Waals surface area contributed by atoms with Gasteiger partial charge in [0.25, 0.3) is 0 Å². The molecule has 5 heterocycles. The average Bonchev–Trinajstić information content (AvgIpc) is 3.42. The van der Waals surface area contributed by atoms with Crippen LogP contribution in [0.15, 0.2) is 90.8 Å². The summed E-state index contributed by atoms with van der Waals surface area (Å²) in [5.41, 5.74) is 8.48. The van der Waals surface area contributed by atoms with Crippen molar-refractivity contribution in [2.24, 2.45) is 0 Å². The number of benzene rings is 1. The molecule has 0 radical (unpaired) electrons. The summed E-state index contributed by atoms with van der Waals surface area (Å²) >= 11 is 0. The van der Waals surface area contributed by atoms with Crippen molar-refractivity contribution in [1.82, 2.24) is 30.1 Å². The molecular weight excluding hydrogens is 378 g/mol. The van der Waals surface area contributed by atoms with E-state index in [0.717, 1.165) is 39.5 Å². The summed E-state index contributed by atoms with van der Waals surface area (Å²) in [5.74, 6) is 0.719. The number of rotatable bonds is 4. The molecule has 146 valence electrons. The van der Waals surface area contributed by atoms with E-state index in [2.05, 4.69) is 45.0 Å². The average molecular weight is 395 g/mol. The van der Waals surface area contributed by atoms with E-state index < -0.39 is 0 Å². The van der Waals surface area contributed by atoms with Crippen molar-refractivity contribution in [3.05, 3.63) is 102 Å². The maximum absolute atomic E-state index is 5.28. The topological polar surface area (TPSA) is 79.6 Å². The Kier molecular flexibility index (Phi) is 3.75. The summed E-state index contributed by atoms with van der Waals surface area (Å²) in [7, 11) is 0. The highest BCUT2D eigenvalue weighted by Gasteiger charge is 2.21. The minimum absolute atomic E-state index is 0.715. The van der Waals surface area contributed by atoms with Crippen molar-refractivity contribution in [2.75, 3.05) is 5.32 Å². The number of hydroxylamine groups is 3. The van der Waals surface area contributed by atoms with Crippen LogP contribution in [-0.2, 0) is 11.4 Å². The van der Waals surface area contributed by atoms with E-state index in [1.807, 2.05) is 53.5 Å². The van der Waals surface area contributed by atoms with E-state index >= 15 is 0 Å². The van der Waals surface area contributed by atoms with Crippen molar-refractivity contribution < 1.29 is 4.94 Å². The van der Waals surface area contributed by atoms with Gasteiger partial charge in [0, 0.05) is 24.2 Å². The van der Waals surface area contributed by atoms with Crippen LogP contribution >= 0.6 is 0 Å². The zero-order chi connectivity index (χ0) is 19.9. The van der Waals surface area contributed by atoms with Gasteiger partial charge >= 0.3 is 0 Å². The van der Waals surface area contributed by atoms with Gasteiger partial charge in [-0.3, -0.25) is 4.98 Å². The van der Waals surface area contributed by atoms with Gasteiger partial charge in [0.2, 0.25) is 0 Å². The van der Waals surface area contributed by atoms with Gasteiger partial charge in [0.15, 0.2) is 11.5 Å². The lowest BCUT2D eigenvalue weighted by atomic mass is 10.1. The van der Waals surface area contributed by atoms with E-state index in [1.165, 1.54) is 5.56 Å². The number of fused-ring (bicyclic) bond motifs is 3. The number of nitrogens with zero attached hydrogens (tertiary/aromatic N) is 5. The molecule has 0 aliphatic carbocycles. The summed E-state index contributed by atoms with van der Waals surface area (Å²) in [4.78, 5) is 14.2. The molecule has 0 spiro atoms. The summed E-state index contributed by atoms with van der Waals surface area (Å²) < 4.78 is 1.87. The van der Waals surface area contributed by atoms with Gasteiger partial charge in [-0.05, 0) is 42.0 Å². The van der Waals surface area contributed by atoms with Crippen LogP contribution in [0.5, 0.6) is 0 Å². The molecule has 1 aromatic carbocycles. The lowest BCUT2D eigenvalue weighted by Gasteiger charge is -2.20. The minimum Gasteiger partial charge on any atom is -0.337 e. The second-order valence-electron chi connectivity index (χ2n) is 7.06. The normalized spacial score (nSPS) is 15.1. The molecule has 0 unspecified atom stereocenters. The smallest absolute Gasteiger partial charge is 0.153 e. The number of anilines is 1. The first-order chi connectivity index (χ1) is 14.8. The summed E-state index contributed by atoms with van der Waals surface area (Å²) in [6.45, 7) is 0. The predicted octanol–water partition coefficient (Wildman–Crippen LogP) is 3.28. The highest BCUT2D eigenvalue weighted by Crippen LogP contribution is 2.24. The Balaban J connectivity index is 1.31. The molecule has 8 nitrogen and oxygen atoms in total. The Morgan fingerprint density at radius 1 is 1.10 bits per heavy atom. The fourth-order valence-corrected chi connectivity index (χ4v) is 3.64. The van der Waals surface area contributed by atoms with E-state index in [-0.39, 0.29) is 0 Å². The van der Waals surface area contributed by atoms with Gasteiger partial charge in [-0.15, -0.1) is 5.10 Å². The van der Waals surface area contributed by atoms with E-state index in [4.69, 9.17) is 10.0 Å². The Labute approximate surface area is 171 Å². The Morgan fingerprint density at radius 3 is 3.10 bits per heavy atom. The van der Waals surface area contributed by atoms with Crippen LogP contribution in [0.2, 0.25) is 0 Å². The third kappa shape index (κ3) is 2.87. The van der Waals surface area contributed by atoms with Crippen LogP contribution in [0, 0.1) is 0 Å². The van der Waals surface area contributed by atoms with Crippen LogP contribution in [0.3, 0.4) is 0 Å². The van der Waals surface area contributed by atoms with Gasteiger partial charge in [-0.1, -0.05) is 18.2 Å². The summed E-state index contributed by atoms with van der Waals surface area (Å²) in [5, 5.41) is 10.9. The van der Waals surface area contributed by atoms with Crippen LogP contribution in [-0.4, -0.2) is 24.6 Å². The minimum atomic E-state index is 0.715. The summed E-state index contributed by atoms with van der Waals surface area (Å²) in [6.07, 6.45) is 11.9. The van der Waals surface area contributed by atoms with Gasteiger partial charge in [0.1, 0.15) is 5.70 Å². The van der Waals surface area contributed by atoms with Crippen LogP contribution in [0.4, 0.5) is 5.82 Å². The number of hydrogen-bond donors (Lipinski definition) is 2. The molecule has 30 heavy (non-hydrogen) atoms. The molecular formula is C22H17N7O. The Bertz CT molecular complexity index is 1370. The monoisotopic (exact) mass is 395 g/mol. The van der Waals surface area contributed by atoms with Crippen molar-refractivity contribution >= 4 is 22.4 Å². The number of allylic oxidation sites excluding steroid dienone is 2. The fraction of sp³-hybridized carbons (Fsp3) is 0.0455. The number of aromatic nitrogens is 4. The van der Waals surface area contributed by atoms with Crippen LogP contribution in [0.25, 0.3) is 16.6 Å². The first-order valence-corrected chi connectivity index (χ1v) is 9.59. The maximum atomic E-state index is 5.28. The molecule has 0 saturated heterocycles. The molecule has 0 fully saturated rings. The van der Waals surface area contributed by atoms with Gasteiger partial charge in [0.05, 0.1) is 29.3 Å². The van der Waals surface area contributed by atoms with Gasteiger partial charge in [-0.2, -0.15) is 4.94 Å². The van der Waals surface area contributed by atoms with Crippen LogP contribution in [0.1, 0.15) is 11.3 Å². The SMILES string of the molecule is C1=CN2ONC=C2C(Nc2ccc3ncc(Cc4ccc5cccnc5c4)n3n2)=C1. The molecule has 3 aromatic heterocycles. The van der Waals surface area contributed by atoms with Gasteiger partial charge < -0.3 is 5.32 Å². The zero-order valence-electron chi connectivity index (χ0n) is 15.9. The molecule has 2 aliphatic rings. The lowest BCUT2D eigenvalue weighted by molar-refractivity contribution is -0.113. The van der Waals surface area contributed by atoms with Crippen molar-refractivity contribution in [3.8, 4) is 0 Å². The van der Waals surface area contributed by atoms with Crippen molar-refractivity contribution in [2.45, 2.75) is 6.42 Å². The molecule has 8 heteroatoms. The molecule has 0 saturated carbocycles. The Hall–Kier alpha value is -4.17.